The van der Waals surface area contributed by atoms with Crippen molar-refractivity contribution in [1.29, 1.82) is 0 Å². The highest BCUT2D eigenvalue weighted by atomic mass is 16.4. The minimum absolute atomic E-state index is 0.153. The molecule has 0 aromatic heterocycles. The van der Waals surface area contributed by atoms with Crippen LogP contribution in [0.4, 0.5) is 4.79 Å². The lowest BCUT2D eigenvalue weighted by atomic mass is 10.1. The van der Waals surface area contributed by atoms with Gasteiger partial charge in [-0.3, -0.25) is 4.79 Å². The van der Waals surface area contributed by atoms with E-state index in [1.807, 2.05) is 13.8 Å². The number of hydrogen-bond donors (Lipinski definition) is 2. The van der Waals surface area contributed by atoms with Crippen molar-refractivity contribution in [2.75, 3.05) is 13.6 Å². The molecule has 96 valence electrons. The molecule has 17 heavy (non-hydrogen) atoms. The van der Waals surface area contributed by atoms with Crippen LogP contribution in [-0.4, -0.2) is 41.6 Å². The van der Waals surface area contributed by atoms with Gasteiger partial charge in [-0.25, -0.2) is 4.79 Å². The zero-order chi connectivity index (χ0) is 13.0. The first-order valence-electron chi connectivity index (χ1n) is 5.83. The van der Waals surface area contributed by atoms with E-state index in [1.165, 1.54) is 0 Å². The lowest BCUT2D eigenvalue weighted by molar-refractivity contribution is -0.140. The second-order valence-corrected chi connectivity index (χ2v) is 4.90. The van der Waals surface area contributed by atoms with Crippen LogP contribution in [0.15, 0.2) is 12.2 Å². The zero-order valence-electron chi connectivity index (χ0n) is 10.5. The lowest BCUT2D eigenvalue weighted by Crippen LogP contribution is -2.43. The molecule has 0 heterocycles. The smallest absolute Gasteiger partial charge is 0.317 e. The van der Waals surface area contributed by atoms with Crippen LogP contribution in [0.1, 0.15) is 20.3 Å². The van der Waals surface area contributed by atoms with Crippen LogP contribution in [0.2, 0.25) is 0 Å². The predicted molar refractivity (Wildman–Crippen MR) is 64.7 cm³/mol. The summed E-state index contributed by atoms with van der Waals surface area (Å²) in [6, 6.07) is -0.322. The summed E-state index contributed by atoms with van der Waals surface area (Å²) < 4.78 is 0. The first-order chi connectivity index (χ1) is 7.90. The molecule has 0 radical (unpaired) electrons. The Morgan fingerprint density at radius 2 is 2.12 bits per heavy atom. The van der Waals surface area contributed by atoms with Crippen molar-refractivity contribution < 1.29 is 14.7 Å². The number of nitrogens with one attached hydrogen (secondary N) is 1. The van der Waals surface area contributed by atoms with Gasteiger partial charge in [0, 0.05) is 13.6 Å². The van der Waals surface area contributed by atoms with Crippen molar-refractivity contribution in [3.05, 3.63) is 12.2 Å². The molecule has 2 N–H and O–H groups in total. The third-order valence-corrected chi connectivity index (χ3v) is 2.70. The van der Waals surface area contributed by atoms with Crippen molar-refractivity contribution in [1.82, 2.24) is 10.2 Å². The van der Waals surface area contributed by atoms with Crippen molar-refractivity contribution in [2.45, 2.75) is 26.3 Å². The maximum absolute atomic E-state index is 11.7. The van der Waals surface area contributed by atoms with Gasteiger partial charge < -0.3 is 15.3 Å². The van der Waals surface area contributed by atoms with Gasteiger partial charge in [0.1, 0.15) is 0 Å². The first-order valence-corrected chi connectivity index (χ1v) is 5.83. The molecule has 0 saturated heterocycles. The number of carbonyl (C=O) groups is 2. The summed E-state index contributed by atoms with van der Waals surface area (Å²) in [7, 11) is 1.74. The van der Waals surface area contributed by atoms with Crippen LogP contribution >= 0.6 is 0 Å². The van der Waals surface area contributed by atoms with E-state index >= 15 is 0 Å². The van der Waals surface area contributed by atoms with Gasteiger partial charge in [-0.05, 0) is 12.3 Å². The summed E-state index contributed by atoms with van der Waals surface area (Å²) >= 11 is 0. The van der Waals surface area contributed by atoms with Crippen molar-refractivity contribution in [2.24, 2.45) is 11.8 Å². The molecule has 0 aromatic carbocycles. The minimum atomic E-state index is -0.839. The highest BCUT2D eigenvalue weighted by molar-refractivity contribution is 5.76. The highest BCUT2D eigenvalue weighted by Gasteiger charge is 2.26. The molecule has 2 amide bonds. The summed E-state index contributed by atoms with van der Waals surface area (Å²) in [5, 5.41) is 11.6. The normalized spacial score (nSPS) is 22.8. The van der Waals surface area contributed by atoms with Gasteiger partial charge in [0.25, 0.3) is 0 Å². The third kappa shape index (κ3) is 4.09. The number of aliphatic carboxylic acids is 1. The number of urea groups is 1. The molecular formula is C12H20N2O3. The number of nitrogens with zero attached hydrogens (tertiary/aromatic N) is 1. The molecule has 2 unspecified atom stereocenters. The average Bonchev–Trinajstić information content (AvgIpc) is 2.65. The lowest BCUT2D eigenvalue weighted by Gasteiger charge is -2.22. The number of hydrogen-bond acceptors (Lipinski definition) is 2. The first kappa shape index (κ1) is 13.5. The molecule has 0 fully saturated rings. The maximum Gasteiger partial charge on any atom is 0.317 e. The molecule has 5 nitrogen and oxygen atoms in total. The fourth-order valence-electron chi connectivity index (χ4n) is 1.89. The summed E-state index contributed by atoms with van der Waals surface area (Å²) in [6.07, 6.45) is 3.83. The second kappa shape index (κ2) is 5.70. The van der Waals surface area contributed by atoms with Gasteiger partial charge in [0.2, 0.25) is 0 Å². The van der Waals surface area contributed by atoms with Crippen LogP contribution in [-0.2, 0) is 4.79 Å². The quantitative estimate of drug-likeness (QED) is 0.728. The molecule has 1 rings (SSSR count). The van der Waals surface area contributed by atoms with E-state index in [4.69, 9.17) is 5.11 Å². The SMILES string of the molecule is CC(C)CN(C)C(=O)NC1C=CC(C(=O)O)C1. The average molecular weight is 240 g/mol. The van der Waals surface area contributed by atoms with E-state index < -0.39 is 11.9 Å². The molecule has 5 heteroatoms. The molecule has 0 saturated carbocycles. The molecule has 2 atom stereocenters. The van der Waals surface area contributed by atoms with E-state index in [2.05, 4.69) is 5.32 Å². The molecule has 1 aliphatic carbocycles. The topological polar surface area (TPSA) is 69.6 Å². The van der Waals surface area contributed by atoms with Crippen LogP contribution in [0, 0.1) is 11.8 Å². The number of rotatable bonds is 4. The molecule has 0 spiro atoms. The van der Waals surface area contributed by atoms with Crippen molar-refractivity contribution >= 4 is 12.0 Å². The molecular weight excluding hydrogens is 220 g/mol. The number of carboxylic acid groups (broad SMARTS) is 1. The predicted octanol–water partition coefficient (Wildman–Crippen LogP) is 1.31. The highest BCUT2D eigenvalue weighted by Crippen LogP contribution is 2.18. The van der Waals surface area contributed by atoms with E-state index in [-0.39, 0.29) is 12.1 Å². The minimum Gasteiger partial charge on any atom is -0.481 e. The Kier molecular flexibility index (Phi) is 4.54. The van der Waals surface area contributed by atoms with Crippen LogP contribution < -0.4 is 5.32 Å². The van der Waals surface area contributed by atoms with Crippen LogP contribution in [0.5, 0.6) is 0 Å². The Hall–Kier alpha value is -1.52. The largest absolute Gasteiger partial charge is 0.481 e. The van der Waals surface area contributed by atoms with Gasteiger partial charge in [-0.15, -0.1) is 0 Å². The molecule has 0 aliphatic heterocycles. The summed E-state index contributed by atoms with van der Waals surface area (Å²) in [6.45, 7) is 4.77. The monoisotopic (exact) mass is 240 g/mol. The Morgan fingerprint density at radius 1 is 1.47 bits per heavy atom. The summed E-state index contributed by atoms with van der Waals surface area (Å²) in [4.78, 5) is 24.1. The standard InChI is InChI=1S/C12H20N2O3/c1-8(2)7-14(3)12(17)13-10-5-4-9(6-10)11(15)16/h4-5,8-10H,6-7H2,1-3H3,(H,13,17)(H,15,16). The summed E-state index contributed by atoms with van der Waals surface area (Å²) in [5.41, 5.74) is 0. The Balaban J connectivity index is 2.38. The van der Waals surface area contributed by atoms with Gasteiger partial charge in [0.05, 0.1) is 12.0 Å². The fraction of sp³-hybridized carbons (Fsp3) is 0.667. The third-order valence-electron chi connectivity index (χ3n) is 2.70. The van der Waals surface area contributed by atoms with Crippen LogP contribution in [0.3, 0.4) is 0 Å². The Bertz CT molecular complexity index is 326. The Morgan fingerprint density at radius 3 is 2.59 bits per heavy atom. The number of carbonyl (C=O) groups excluding carboxylic acids is 1. The number of carboxylic acids is 1. The van der Waals surface area contributed by atoms with E-state index in [0.29, 0.717) is 18.9 Å². The maximum atomic E-state index is 11.7. The molecule has 0 bridgehead atoms. The Labute approximate surface area is 101 Å². The van der Waals surface area contributed by atoms with Gasteiger partial charge in [0.15, 0.2) is 0 Å². The van der Waals surface area contributed by atoms with Crippen LogP contribution in [0.25, 0.3) is 0 Å². The van der Waals surface area contributed by atoms with Gasteiger partial charge in [-0.2, -0.15) is 0 Å². The van der Waals surface area contributed by atoms with Gasteiger partial charge >= 0.3 is 12.0 Å². The second-order valence-electron chi connectivity index (χ2n) is 4.90. The van der Waals surface area contributed by atoms with E-state index in [0.717, 1.165) is 0 Å². The molecule has 0 aromatic rings. The van der Waals surface area contributed by atoms with E-state index in [9.17, 15) is 9.59 Å². The number of amides is 2. The van der Waals surface area contributed by atoms with Gasteiger partial charge in [-0.1, -0.05) is 26.0 Å². The van der Waals surface area contributed by atoms with E-state index in [1.54, 1.807) is 24.1 Å². The summed E-state index contributed by atoms with van der Waals surface area (Å²) in [5.74, 6) is -0.902. The van der Waals surface area contributed by atoms with Crippen molar-refractivity contribution in [3.8, 4) is 0 Å². The fourth-order valence-corrected chi connectivity index (χ4v) is 1.89. The molecule has 1 aliphatic rings. The zero-order valence-corrected chi connectivity index (χ0v) is 10.5. The van der Waals surface area contributed by atoms with Crippen molar-refractivity contribution in [3.63, 3.8) is 0 Å².